The van der Waals surface area contributed by atoms with E-state index in [1.54, 1.807) is 24.1 Å². The molecule has 1 heterocycles. The number of likely N-dealkylation sites (N-methyl/N-ethyl adjacent to an activating group) is 1. The number of carboxylic acid groups (broad SMARTS) is 1. The van der Waals surface area contributed by atoms with Gasteiger partial charge in [-0.3, -0.25) is 9.69 Å². The summed E-state index contributed by atoms with van der Waals surface area (Å²) in [7, 11) is -1.81. The molecule has 1 aromatic carbocycles. The first-order chi connectivity index (χ1) is 10.7. The van der Waals surface area contributed by atoms with E-state index in [9.17, 15) is 13.2 Å². The van der Waals surface area contributed by atoms with Crippen molar-refractivity contribution < 1.29 is 18.3 Å². The molecule has 2 rings (SSSR count). The molecule has 0 spiro atoms. The van der Waals surface area contributed by atoms with E-state index in [2.05, 4.69) is 0 Å². The maximum absolute atomic E-state index is 12.7. The van der Waals surface area contributed by atoms with Crippen molar-refractivity contribution in [2.45, 2.75) is 30.7 Å². The van der Waals surface area contributed by atoms with Gasteiger partial charge in [0, 0.05) is 24.2 Å². The van der Waals surface area contributed by atoms with Gasteiger partial charge in [-0.2, -0.15) is 4.31 Å². The molecule has 0 radical (unpaired) electrons. The summed E-state index contributed by atoms with van der Waals surface area (Å²) >= 11 is 6.03. The Morgan fingerprint density at radius 3 is 2.52 bits per heavy atom. The number of carboxylic acids is 1. The smallest absolute Gasteiger partial charge is 0.317 e. The monoisotopic (exact) mass is 360 g/mol. The number of piperidine rings is 1. The fourth-order valence-electron chi connectivity index (χ4n) is 2.75. The minimum absolute atomic E-state index is 0.0367. The molecular formula is C15H21ClN2O4S. The number of nitrogens with zero attached hydrogens (tertiary/aromatic N) is 2. The molecule has 6 nitrogen and oxygen atoms in total. The third kappa shape index (κ3) is 4.23. The van der Waals surface area contributed by atoms with E-state index in [0.717, 1.165) is 5.56 Å². The molecule has 0 bridgehead atoms. The Kier molecular flexibility index (Phi) is 5.67. The van der Waals surface area contributed by atoms with Gasteiger partial charge in [0.2, 0.25) is 10.0 Å². The maximum Gasteiger partial charge on any atom is 0.317 e. The van der Waals surface area contributed by atoms with Crippen LogP contribution in [0.2, 0.25) is 5.02 Å². The number of hydrogen-bond acceptors (Lipinski definition) is 4. The molecule has 23 heavy (non-hydrogen) atoms. The normalized spacial score (nSPS) is 17.6. The highest BCUT2D eigenvalue weighted by atomic mass is 35.5. The van der Waals surface area contributed by atoms with Crippen molar-refractivity contribution in [3.63, 3.8) is 0 Å². The second-order valence-electron chi connectivity index (χ2n) is 5.86. The quantitative estimate of drug-likeness (QED) is 0.866. The molecule has 128 valence electrons. The first kappa shape index (κ1) is 18.2. The van der Waals surface area contributed by atoms with Crippen molar-refractivity contribution in [1.82, 2.24) is 9.21 Å². The minimum atomic E-state index is -3.56. The molecule has 0 atom stereocenters. The topological polar surface area (TPSA) is 77.9 Å². The average Bonchev–Trinajstić information content (AvgIpc) is 2.49. The number of rotatable bonds is 5. The van der Waals surface area contributed by atoms with Crippen LogP contribution in [0.1, 0.15) is 18.4 Å². The zero-order chi connectivity index (χ0) is 17.2. The van der Waals surface area contributed by atoms with Gasteiger partial charge in [0.1, 0.15) is 0 Å². The van der Waals surface area contributed by atoms with Crippen molar-refractivity contribution in [2.24, 2.45) is 0 Å². The molecule has 1 N–H and O–H groups in total. The highest BCUT2D eigenvalue weighted by Gasteiger charge is 2.31. The summed E-state index contributed by atoms with van der Waals surface area (Å²) in [5.41, 5.74) is 0.833. The van der Waals surface area contributed by atoms with E-state index in [1.165, 1.54) is 10.4 Å². The minimum Gasteiger partial charge on any atom is -0.480 e. The van der Waals surface area contributed by atoms with Crippen molar-refractivity contribution in [3.05, 3.63) is 28.8 Å². The van der Waals surface area contributed by atoms with Crippen LogP contribution in [-0.2, 0) is 14.8 Å². The standard InChI is InChI=1S/C15H21ClN2O4S/c1-11-3-4-13(9-14(11)16)23(21,22)18-7-5-12(6-8-18)17(2)10-15(19)20/h3-4,9,12H,5-8,10H2,1-2H3,(H,19,20). The van der Waals surface area contributed by atoms with E-state index >= 15 is 0 Å². The molecule has 1 aliphatic heterocycles. The zero-order valence-corrected chi connectivity index (χ0v) is 14.8. The summed E-state index contributed by atoms with van der Waals surface area (Å²) in [5, 5.41) is 9.26. The van der Waals surface area contributed by atoms with Gasteiger partial charge < -0.3 is 5.11 Å². The molecule has 1 aliphatic rings. The lowest BCUT2D eigenvalue weighted by molar-refractivity contribution is -0.138. The predicted molar refractivity (Wildman–Crippen MR) is 88.2 cm³/mol. The summed E-state index contributed by atoms with van der Waals surface area (Å²) in [6.45, 7) is 2.54. The molecule has 0 aromatic heterocycles. The Labute approximate surface area is 141 Å². The fraction of sp³-hybridized carbons (Fsp3) is 0.533. The van der Waals surface area contributed by atoms with Gasteiger partial charge >= 0.3 is 5.97 Å². The number of sulfonamides is 1. The van der Waals surface area contributed by atoms with E-state index in [-0.39, 0.29) is 17.5 Å². The van der Waals surface area contributed by atoms with Crippen molar-refractivity contribution in [1.29, 1.82) is 0 Å². The SMILES string of the molecule is Cc1ccc(S(=O)(=O)N2CCC(N(C)CC(=O)O)CC2)cc1Cl. The Hall–Kier alpha value is -1.15. The van der Waals surface area contributed by atoms with Gasteiger partial charge in [0.05, 0.1) is 11.4 Å². The Morgan fingerprint density at radius 1 is 1.39 bits per heavy atom. The third-order valence-electron chi connectivity index (χ3n) is 4.21. The van der Waals surface area contributed by atoms with Crippen LogP contribution in [0, 0.1) is 6.92 Å². The van der Waals surface area contributed by atoms with Gasteiger partial charge in [-0.05, 0) is 44.5 Å². The molecule has 1 aromatic rings. The fourth-order valence-corrected chi connectivity index (χ4v) is 4.49. The molecule has 0 unspecified atom stereocenters. The largest absolute Gasteiger partial charge is 0.480 e. The van der Waals surface area contributed by atoms with E-state index < -0.39 is 16.0 Å². The lowest BCUT2D eigenvalue weighted by Gasteiger charge is -2.35. The van der Waals surface area contributed by atoms with Gasteiger partial charge in [-0.15, -0.1) is 0 Å². The van der Waals surface area contributed by atoms with Crippen LogP contribution in [0.3, 0.4) is 0 Å². The van der Waals surface area contributed by atoms with Crippen molar-refractivity contribution >= 4 is 27.6 Å². The summed E-state index contributed by atoms with van der Waals surface area (Å²) in [5.74, 6) is -0.878. The molecular weight excluding hydrogens is 340 g/mol. The van der Waals surface area contributed by atoms with Crippen LogP contribution in [0.5, 0.6) is 0 Å². The predicted octanol–water partition coefficient (Wildman–Crippen LogP) is 1.82. The second kappa shape index (κ2) is 7.17. The Morgan fingerprint density at radius 2 is 2.00 bits per heavy atom. The second-order valence-corrected chi connectivity index (χ2v) is 8.20. The van der Waals surface area contributed by atoms with E-state index in [0.29, 0.717) is 31.0 Å². The number of halogens is 1. The number of aryl methyl sites for hydroxylation is 1. The zero-order valence-electron chi connectivity index (χ0n) is 13.2. The highest BCUT2D eigenvalue weighted by Crippen LogP contribution is 2.26. The number of aliphatic carboxylic acids is 1. The maximum atomic E-state index is 12.7. The van der Waals surface area contributed by atoms with Gasteiger partial charge in [-0.25, -0.2) is 8.42 Å². The van der Waals surface area contributed by atoms with Crippen molar-refractivity contribution in [3.8, 4) is 0 Å². The number of benzene rings is 1. The van der Waals surface area contributed by atoms with Crippen LogP contribution in [0.4, 0.5) is 0 Å². The summed E-state index contributed by atoms with van der Waals surface area (Å²) in [6, 6.07) is 4.83. The van der Waals surface area contributed by atoms with Gasteiger partial charge in [0.15, 0.2) is 0 Å². The van der Waals surface area contributed by atoms with Gasteiger partial charge in [0.25, 0.3) is 0 Å². The summed E-state index contributed by atoms with van der Waals surface area (Å²) < 4.78 is 26.8. The lowest BCUT2D eigenvalue weighted by atomic mass is 10.1. The van der Waals surface area contributed by atoms with Crippen LogP contribution in [0.15, 0.2) is 23.1 Å². The van der Waals surface area contributed by atoms with E-state index in [4.69, 9.17) is 16.7 Å². The van der Waals surface area contributed by atoms with Crippen LogP contribution < -0.4 is 0 Å². The van der Waals surface area contributed by atoms with E-state index in [1.807, 2.05) is 6.92 Å². The first-order valence-corrected chi connectivity index (χ1v) is 9.22. The lowest BCUT2D eigenvalue weighted by Crippen LogP contribution is -2.46. The number of carbonyl (C=O) groups is 1. The molecule has 0 amide bonds. The highest BCUT2D eigenvalue weighted by molar-refractivity contribution is 7.89. The first-order valence-electron chi connectivity index (χ1n) is 7.40. The third-order valence-corrected chi connectivity index (χ3v) is 6.51. The molecule has 1 saturated heterocycles. The Bertz CT molecular complexity index is 685. The summed E-state index contributed by atoms with van der Waals surface area (Å²) in [6.07, 6.45) is 1.23. The molecule has 0 aliphatic carbocycles. The summed E-state index contributed by atoms with van der Waals surface area (Å²) in [4.78, 5) is 12.7. The van der Waals surface area contributed by atoms with Crippen molar-refractivity contribution in [2.75, 3.05) is 26.7 Å². The molecule has 1 fully saturated rings. The van der Waals surface area contributed by atoms with Crippen LogP contribution in [0.25, 0.3) is 0 Å². The Balaban J connectivity index is 2.06. The van der Waals surface area contributed by atoms with Crippen LogP contribution in [-0.4, -0.2) is 61.4 Å². The van der Waals surface area contributed by atoms with Gasteiger partial charge in [-0.1, -0.05) is 17.7 Å². The molecule has 8 heteroatoms. The molecule has 0 saturated carbocycles. The van der Waals surface area contributed by atoms with Crippen LogP contribution >= 0.6 is 11.6 Å². The number of hydrogen-bond donors (Lipinski definition) is 1. The average molecular weight is 361 g/mol.